The molecule has 3 nitrogen and oxygen atoms in total. The Morgan fingerprint density at radius 2 is 1.73 bits per heavy atom. The highest BCUT2D eigenvalue weighted by Crippen LogP contribution is 2.23. The second kappa shape index (κ2) is 7.25. The van der Waals surface area contributed by atoms with E-state index in [0.717, 1.165) is 19.4 Å². The zero-order valence-electron chi connectivity index (χ0n) is 13.6. The molecule has 0 aliphatic carbocycles. The van der Waals surface area contributed by atoms with Crippen LogP contribution in [-0.2, 0) is 9.84 Å². The van der Waals surface area contributed by atoms with Crippen molar-refractivity contribution in [2.24, 2.45) is 0 Å². The fourth-order valence-corrected chi connectivity index (χ4v) is 3.37. The molecule has 0 radical (unpaired) electrons. The van der Waals surface area contributed by atoms with Crippen molar-refractivity contribution in [3.63, 3.8) is 0 Å². The van der Waals surface area contributed by atoms with Gasteiger partial charge in [0.05, 0.1) is 0 Å². The second-order valence-corrected chi connectivity index (χ2v) is 8.36. The Morgan fingerprint density at radius 1 is 1.05 bits per heavy atom. The topological polar surface area (TPSA) is 37.4 Å². The van der Waals surface area contributed by atoms with Crippen molar-refractivity contribution in [2.45, 2.75) is 25.8 Å². The lowest BCUT2D eigenvalue weighted by Crippen LogP contribution is -2.24. The Labute approximate surface area is 133 Å². The molecule has 0 amide bonds. The molecular formula is C18H25NO2S. The molecule has 22 heavy (non-hydrogen) atoms. The Balaban J connectivity index is 1.95. The first-order chi connectivity index (χ1) is 10.4. The molecule has 0 bridgehead atoms. The van der Waals surface area contributed by atoms with Gasteiger partial charge in [-0.05, 0) is 55.8 Å². The fourth-order valence-electron chi connectivity index (χ4n) is 2.64. The highest BCUT2D eigenvalue weighted by atomic mass is 32.2. The molecular weight excluding hydrogens is 294 g/mol. The van der Waals surface area contributed by atoms with Gasteiger partial charge in [-0.3, -0.25) is 4.90 Å². The molecule has 2 aromatic carbocycles. The first kappa shape index (κ1) is 17.0. The van der Waals surface area contributed by atoms with Gasteiger partial charge in [0, 0.05) is 18.1 Å². The average molecular weight is 319 g/mol. The highest BCUT2D eigenvalue weighted by Gasteiger charge is 2.12. The summed E-state index contributed by atoms with van der Waals surface area (Å²) < 4.78 is 22.3. The number of nitrogens with zero attached hydrogens (tertiary/aromatic N) is 1. The van der Waals surface area contributed by atoms with E-state index in [1.165, 1.54) is 22.6 Å². The van der Waals surface area contributed by atoms with Gasteiger partial charge in [0.2, 0.25) is 0 Å². The average Bonchev–Trinajstić information content (AvgIpc) is 2.49. The monoisotopic (exact) mass is 319 g/mol. The zero-order chi connectivity index (χ0) is 16.2. The molecule has 4 heteroatoms. The van der Waals surface area contributed by atoms with Crippen molar-refractivity contribution in [3.8, 4) is 0 Å². The van der Waals surface area contributed by atoms with Crippen LogP contribution in [0.4, 0.5) is 0 Å². The van der Waals surface area contributed by atoms with Crippen LogP contribution in [0.5, 0.6) is 0 Å². The van der Waals surface area contributed by atoms with Crippen LogP contribution in [0, 0.1) is 0 Å². The number of hydrogen-bond donors (Lipinski definition) is 0. The predicted molar refractivity (Wildman–Crippen MR) is 93.9 cm³/mol. The molecule has 0 spiro atoms. The first-order valence-corrected chi connectivity index (χ1v) is 9.79. The maximum Gasteiger partial charge on any atom is 0.147 e. The van der Waals surface area contributed by atoms with E-state index in [0.29, 0.717) is 6.04 Å². The summed E-state index contributed by atoms with van der Waals surface area (Å²) >= 11 is 0. The zero-order valence-corrected chi connectivity index (χ0v) is 14.4. The van der Waals surface area contributed by atoms with Crippen LogP contribution in [0.15, 0.2) is 42.5 Å². The molecule has 0 aromatic heterocycles. The summed E-state index contributed by atoms with van der Waals surface area (Å²) in [5.74, 6) is 0.283. The summed E-state index contributed by atoms with van der Waals surface area (Å²) in [6.45, 7) is 3.10. The van der Waals surface area contributed by atoms with Gasteiger partial charge in [0.1, 0.15) is 9.84 Å². The third-order valence-electron chi connectivity index (χ3n) is 4.19. The lowest BCUT2D eigenvalue weighted by molar-refractivity contribution is 0.258. The molecule has 1 atom stereocenters. The van der Waals surface area contributed by atoms with E-state index < -0.39 is 9.84 Å². The number of hydrogen-bond acceptors (Lipinski definition) is 3. The third-order valence-corrected chi connectivity index (χ3v) is 5.22. The van der Waals surface area contributed by atoms with Crippen molar-refractivity contribution in [2.75, 3.05) is 25.6 Å². The van der Waals surface area contributed by atoms with Gasteiger partial charge in [-0.15, -0.1) is 0 Å². The normalized spacial score (nSPS) is 13.6. The minimum atomic E-state index is -2.84. The van der Waals surface area contributed by atoms with Crippen LogP contribution in [0.1, 0.15) is 31.4 Å². The Kier molecular flexibility index (Phi) is 5.59. The minimum Gasteiger partial charge on any atom is -0.300 e. The Morgan fingerprint density at radius 3 is 2.41 bits per heavy atom. The number of fused-ring (bicyclic) bond motifs is 1. The molecule has 0 aliphatic heterocycles. The van der Waals surface area contributed by atoms with E-state index in [1.54, 1.807) is 0 Å². The first-order valence-electron chi connectivity index (χ1n) is 7.73. The van der Waals surface area contributed by atoms with Crippen molar-refractivity contribution < 1.29 is 8.42 Å². The van der Waals surface area contributed by atoms with E-state index in [1.807, 2.05) is 0 Å². The molecule has 0 unspecified atom stereocenters. The number of unbranched alkanes of at least 4 members (excludes halogenated alkanes) is 1. The Hall–Kier alpha value is -1.39. The van der Waals surface area contributed by atoms with Crippen molar-refractivity contribution >= 4 is 20.6 Å². The summed E-state index contributed by atoms with van der Waals surface area (Å²) in [5.41, 5.74) is 1.30. The Bertz CT molecular complexity index is 725. The molecule has 0 aliphatic rings. The lowest BCUT2D eigenvalue weighted by Gasteiger charge is -2.25. The standard InChI is InChI=1S/C18H25NO2S/c1-15(19(2)12-6-7-13-22(3,20)21)17-11-10-16-8-4-5-9-18(16)14-17/h4-5,8-11,14-15H,6-7,12-13H2,1-3H3/t15-/m0/s1. The molecule has 0 saturated heterocycles. The molecule has 0 N–H and O–H groups in total. The molecule has 120 valence electrons. The highest BCUT2D eigenvalue weighted by molar-refractivity contribution is 7.90. The summed E-state index contributed by atoms with van der Waals surface area (Å²) in [6, 6.07) is 15.3. The SMILES string of the molecule is C[C@@H](c1ccc2ccccc2c1)N(C)CCCCS(C)(=O)=O. The number of rotatable bonds is 7. The smallest absolute Gasteiger partial charge is 0.147 e. The van der Waals surface area contributed by atoms with Gasteiger partial charge in [-0.25, -0.2) is 8.42 Å². The maximum atomic E-state index is 11.1. The van der Waals surface area contributed by atoms with Crippen molar-refractivity contribution in [3.05, 3.63) is 48.0 Å². The van der Waals surface area contributed by atoms with E-state index in [4.69, 9.17) is 0 Å². The largest absolute Gasteiger partial charge is 0.300 e. The third kappa shape index (κ3) is 4.82. The van der Waals surface area contributed by atoms with Gasteiger partial charge in [0.25, 0.3) is 0 Å². The number of benzene rings is 2. The second-order valence-electron chi connectivity index (χ2n) is 6.10. The quantitative estimate of drug-likeness (QED) is 0.731. The fraction of sp³-hybridized carbons (Fsp3) is 0.444. The van der Waals surface area contributed by atoms with Crippen LogP contribution in [0.25, 0.3) is 10.8 Å². The van der Waals surface area contributed by atoms with Gasteiger partial charge < -0.3 is 0 Å². The van der Waals surface area contributed by atoms with Crippen LogP contribution < -0.4 is 0 Å². The van der Waals surface area contributed by atoms with Gasteiger partial charge in [-0.2, -0.15) is 0 Å². The van der Waals surface area contributed by atoms with Crippen LogP contribution in [-0.4, -0.2) is 38.9 Å². The van der Waals surface area contributed by atoms with E-state index in [2.05, 4.69) is 61.3 Å². The van der Waals surface area contributed by atoms with E-state index in [-0.39, 0.29) is 5.75 Å². The maximum absolute atomic E-state index is 11.1. The molecule has 0 fully saturated rings. The summed E-state index contributed by atoms with van der Waals surface area (Å²) in [7, 11) is -0.740. The summed E-state index contributed by atoms with van der Waals surface area (Å²) in [6.07, 6.45) is 2.93. The summed E-state index contributed by atoms with van der Waals surface area (Å²) in [4.78, 5) is 2.28. The van der Waals surface area contributed by atoms with E-state index >= 15 is 0 Å². The van der Waals surface area contributed by atoms with Gasteiger partial charge in [-0.1, -0.05) is 36.4 Å². The summed E-state index contributed by atoms with van der Waals surface area (Å²) in [5, 5.41) is 2.52. The van der Waals surface area contributed by atoms with Crippen molar-refractivity contribution in [1.29, 1.82) is 0 Å². The predicted octanol–water partition coefficient (Wildman–Crippen LogP) is 3.66. The molecule has 2 aromatic rings. The van der Waals surface area contributed by atoms with Crippen molar-refractivity contribution in [1.82, 2.24) is 4.90 Å². The number of sulfone groups is 1. The van der Waals surface area contributed by atoms with E-state index in [9.17, 15) is 8.42 Å². The van der Waals surface area contributed by atoms with Crippen LogP contribution in [0.2, 0.25) is 0 Å². The van der Waals surface area contributed by atoms with Crippen LogP contribution in [0.3, 0.4) is 0 Å². The molecule has 0 saturated carbocycles. The molecule has 2 rings (SSSR count). The van der Waals surface area contributed by atoms with Gasteiger partial charge in [0.15, 0.2) is 0 Å². The van der Waals surface area contributed by atoms with Crippen LogP contribution >= 0.6 is 0 Å². The minimum absolute atomic E-state index is 0.283. The van der Waals surface area contributed by atoms with Gasteiger partial charge >= 0.3 is 0 Å². The lowest BCUT2D eigenvalue weighted by atomic mass is 10.0. The molecule has 0 heterocycles.